The molecule has 0 bridgehead atoms. The Morgan fingerprint density at radius 1 is 1.47 bits per heavy atom. The van der Waals surface area contributed by atoms with Crippen molar-refractivity contribution in [3.8, 4) is 0 Å². The predicted molar refractivity (Wildman–Crippen MR) is 66.8 cm³/mol. The number of hydrogen-bond acceptors (Lipinski definition) is 4. The maximum absolute atomic E-state index is 10.5. The van der Waals surface area contributed by atoms with Crippen molar-refractivity contribution in [2.75, 3.05) is 19.6 Å². The van der Waals surface area contributed by atoms with Crippen molar-refractivity contribution in [2.24, 2.45) is 11.7 Å². The van der Waals surface area contributed by atoms with E-state index in [0.717, 1.165) is 38.6 Å². The smallest absolute Gasteiger partial charge is 0.317 e. The summed E-state index contributed by atoms with van der Waals surface area (Å²) in [6.45, 7) is 5.71. The SMILES string of the molecule is CC.NC(C=O)CC1CCN(CC(=O)O)CC1. The van der Waals surface area contributed by atoms with Gasteiger partial charge < -0.3 is 15.6 Å². The highest BCUT2D eigenvalue weighted by molar-refractivity contribution is 5.69. The number of nitrogens with zero attached hydrogens (tertiary/aromatic N) is 1. The molecule has 1 rings (SSSR count). The first-order valence-corrected chi connectivity index (χ1v) is 6.27. The fourth-order valence-electron chi connectivity index (χ4n) is 2.01. The molecule has 0 amide bonds. The lowest BCUT2D eigenvalue weighted by Gasteiger charge is -2.31. The second-order valence-corrected chi connectivity index (χ2v) is 4.15. The zero-order valence-corrected chi connectivity index (χ0v) is 10.8. The Morgan fingerprint density at radius 3 is 2.41 bits per heavy atom. The first kappa shape index (κ1) is 16.1. The number of likely N-dealkylation sites (tertiary alicyclic amines) is 1. The second-order valence-electron chi connectivity index (χ2n) is 4.15. The minimum atomic E-state index is -0.780. The van der Waals surface area contributed by atoms with E-state index >= 15 is 0 Å². The van der Waals surface area contributed by atoms with Gasteiger partial charge in [-0.05, 0) is 38.3 Å². The van der Waals surface area contributed by atoms with Crippen molar-refractivity contribution in [1.82, 2.24) is 4.90 Å². The first-order valence-electron chi connectivity index (χ1n) is 6.27. The summed E-state index contributed by atoms with van der Waals surface area (Å²) in [5.41, 5.74) is 5.54. The third-order valence-corrected chi connectivity index (χ3v) is 2.85. The number of piperidine rings is 1. The van der Waals surface area contributed by atoms with E-state index in [2.05, 4.69) is 0 Å². The standard InChI is InChI=1S/C10H18N2O3.C2H6/c11-9(7-13)5-8-1-3-12(4-2-8)6-10(14)15;1-2/h7-9H,1-6,11H2,(H,14,15);1-2H3. The first-order chi connectivity index (χ1) is 8.11. The number of nitrogens with two attached hydrogens (primary N) is 1. The Labute approximate surface area is 103 Å². The summed E-state index contributed by atoms with van der Waals surface area (Å²) < 4.78 is 0. The van der Waals surface area contributed by atoms with Crippen LogP contribution in [0.15, 0.2) is 0 Å². The molecule has 0 aromatic heterocycles. The van der Waals surface area contributed by atoms with Gasteiger partial charge in [0.1, 0.15) is 6.29 Å². The highest BCUT2D eigenvalue weighted by Crippen LogP contribution is 2.20. The van der Waals surface area contributed by atoms with Crippen LogP contribution in [0.1, 0.15) is 33.1 Å². The largest absolute Gasteiger partial charge is 0.480 e. The third-order valence-electron chi connectivity index (χ3n) is 2.85. The normalized spacial score (nSPS) is 19.0. The average Bonchev–Trinajstić information content (AvgIpc) is 2.33. The second kappa shape index (κ2) is 9.13. The number of carboxylic acid groups (broad SMARTS) is 1. The molecule has 1 fully saturated rings. The van der Waals surface area contributed by atoms with Crippen LogP contribution in [0, 0.1) is 5.92 Å². The number of carbonyl (C=O) groups excluding carboxylic acids is 1. The summed E-state index contributed by atoms with van der Waals surface area (Å²) in [4.78, 5) is 22.8. The van der Waals surface area contributed by atoms with Gasteiger partial charge in [-0.2, -0.15) is 0 Å². The summed E-state index contributed by atoms with van der Waals surface area (Å²) in [6, 6.07) is -0.360. The Kier molecular flexibility index (Phi) is 8.62. The highest BCUT2D eigenvalue weighted by atomic mass is 16.4. The molecule has 1 atom stereocenters. The monoisotopic (exact) mass is 244 g/mol. The number of carboxylic acids is 1. The predicted octanol–water partition coefficient (Wildman–Crippen LogP) is 0.726. The molecule has 5 nitrogen and oxygen atoms in total. The number of rotatable bonds is 5. The van der Waals surface area contributed by atoms with Crippen LogP contribution in [0.2, 0.25) is 0 Å². The molecule has 0 spiro atoms. The Morgan fingerprint density at radius 2 is 2.00 bits per heavy atom. The number of aldehydes is 1. The molecule has 1 saturated heterocycles. The maximum atomic E-state index is 10.5. The van der Waals surface area contributed by atoms with Crippen LogP contribution in [0.25, 0.3) is 0 Å². The number of hydrogen-bond donors (Lipinski definition) is 2. The topological polar surface area (TPSA) is 83.6 Å². The molecule has 1 unspecified atom stereocenters. The quantitative estimate of drug-likeness (QED) is 0.696. The summed E-state index contributed by atoms with van der Waals surface area (Å²) >= 11 is 0. The molecule has 0 radical (unpaired) electrons. The van der Waals surface area contributed by atoms with Crippen molar-refractivity contribution in [3.05, 3.63) is 0 Å². The van der Waals surface area contributed by atoms with Gasteiger partial charge in [0.25, 0.3) is 0 Å². The lowest BCUT2D eigenvalue weighted by atomic mass is 9.91. The molecular weight excluding hydrogens is 220 g/mol. The molecule has 0 saturated carbocycles. The molecule has 1 aliphatic rings. The molecule has 0 aliphatic carbocycles. The Bertz CT molecular complexity index is 226. The van der Waals surface area contributed by atoms with Crippen LogP contribution in [-0.4, -0.2) is 47.9 Å². The van der Waals surface area contributed by atoms with Crippen LogP contribution < -0.4 is 5.73 Å². The van der Waals surface area contributed by atoms with Crippen LogP contribution >= 0.6 is 0 Å². The molecule has 5 heteroatoms. The Balaban J connectivity index is 0.00000121. The van der Waals surface area contributed by atoms with Gasteiger partial charge in [-0.25, -0.2) is 0 Å². The Hall–Kier alpha value is -0.940. The summed E-state index contributed by atoms with van der Waals surface area (Å²) in [5, 5.41) is 8.61. The van der Waals surface area contributed by atoms with Crippen molar-refractivity contribution in [1.29, 1.82) is 0 Å². The molecule has 17 heavy (non-hydrogen) atoms. The van der Waals surface area contributed by atoms with Gasteiger partial charge in [-0.3, -0.25) is 9.69 Å². The van der Waals surface area contributed by atoms with Gasteiger partial charge in [-0.15, -0.1) is 0 Å². The van der Waals surface area contributed by atoms with E-state index in [1.54, 1.807) is 0 Å². The zero-order valence-electron chi connectivity index (χ0n) is 10.8. The van der Waals surface area contributed by atoms with Crippen LogP contribution in [0.4, 0.5) is 0 Å². The highest BCUT2D eigenvalue weighted by Gasteiger charge is 2.21. The van der Waals surface area contributed by atoms with Crippen LogP contribution in [0.5, 0.6) is 0 Å². The minimum absolute atomic E-state index is 0.118. The van der Waals surface area contributed by atoms with E-state index < -0.39 is 5.97 Å². The van der Waals surface area contributed by atoms with E-state index in [1.165, 1.54) is 0 Å². The van der Waals surface area contributed by atoms with Crippen molar-refractivity contribution >= 4 is 12.3 Å². The lowest BCUT2D eigenvalue weighted by molar-refractivity contribution is -0.138. The number of carbonyl (C=O) groups is 2. The van der Waals surface area contributed by atoms with Gasteiger partial charge in [0, 0.05) is 0 Å². The molecule has 1 aliphatic heterocycles. The average molecular weight is 244 g/mol. The minimum Gasteiger partial charge on any atom is -0.480 e. The lowest BCUT2D eigenvalue weighted by Crippen LogP contribution is -2.38. The van der Waals surface area contributed by atoms with E-state index in [9.17, 15) is 9.59 Å². The summed E-state index contributed by atoms with van der Waals surface area (Å²) in [5.74, 6) is -0.312. The summed E-state index contributed by atoms with van der Waals surface area (Å²) in [6.07, 6.45) is 3.39. The maximum Gasteiger partial charge on any atom is 0.317 e. The van der Waals surface area contributed by atoms with Gasteiger partial charge in [0.05, 0.1) is 12.6 Å². The van der Waals surface area contributed by atoms with Gasteiger partial charge >= 0.3 is 5.97 Å². The fourth-order valence-corrected chi connectivity index (χ4v) is 2.01. The van der Waals surface area contributed by atoms with Crippen LogP contribution in [-0.2, 0) is 9.59 Å². The van der Waals surface area contributed by atoms with Crippen molar-refractivity contribution in [2.45, 2.75) is 39.2 Å². The van der Waals surface area contributed by atoms with Gasteiger partial charge in [0.2, 0.25) is 0 Å². The molecule has 100 valence electrons. The molecule has 3 N–H and O–H groups in total. The van der Waals surface area contributed by atoms with E-state index in [4.69, 9.17) is 10.8 Å². The van der Waals surface area contributed by atoms with Gasteiger partial charge in [0.15, 0.2) is 0 Å². The zero-order chi connectivity index (χ0) is 13.3. The summed E-state index contributed by atoms with van der Waals surface area (Å²) in [7, 11) is 0. The van der Waals surface area contributed by atoms with Crippen molar-refractivity contribution < 1.29 is 14.7 Å². The van der Waals surface area contributed by atoms with Crippen LogP contribution in [0.3, 0.4) is 0 Å². The molecular formula is C12H24N2O3. The number of aliphatic carboxylic acids is 1. The van der Waals surface area contributed by atoms with E-state index in [1.807, 2.05) is 18.7 Å². The molecule has 0 aromatic rings. The third kappa shape index (κ3) is 7.07. The van der Waals surface area contributed by atoms with Gasteiger partial charge in [-0.1, -0.05) is 13.8 Å². The molecule has 1 heterocycles. The van der Waals surface area contributed by atoms with E-state index in [0.29, 0.717) is 5.92 Å². The fraction of sp³-hybridized carbons (Fsp3) is 0.833. The van der Waals surface area contributed by atoms with E-state index in [-0.39, 0.29) is 12.6 Å². The molecule has 0 aromatic carbocycles. The van der Waals surface area contributed by atoms with Crippen molar-refractivity contribution in [3.63, 3.8) is 0 Å².